The molecule has 1 heterocycles. The van der Waals surface area contributed by atoms with Gasteiger partial charge in [-0.15, -0.1) is 0 Å². The first-order valence-corrected chi connectivity index (χ1v) is 10.2. The summed E-state index contributed by atoms with van der Waals surface area (Å²) in [5.74, 6) is 5.46. The molecule has 1 aromatic carbocycles. The van der Waals surface area contributed by atoms with E-state index in [4.69, 9.17) is 9.47 Å². The summed E-state index contributed by atoms with van der Waals surface area (Å²) in [6, 6.07) is 9.17. The molecule has 2 fully saturated rings. The Balaban J connectivity index is 1.72. The maximum Gasteiger partial charge on any atom is 0.344 e. The van der Waals surface area contributed by atoms with E-state index in [-0.39, 0.29) is 5.92 Å². The number of rotatable bonds is 5. The van der Waals surface area contributed by atoms with E-state index in [0.29, 0.717) is 12.1 Å². The van der Waals surface area contributed by atoms with Crippen LogP contribution in [-0.4, -0.2) is 54.4 Å². The van der Waals surface area contributed by atoms with Crippen molar-refractivity contribution in [1.29, 1.82) is 0 Å². The molecular formula is C23H31NO4. The Morgan fingerprint density at radius 2 is 1.86 bits per heavy atom. The average Bonchev–Trinajstić information content (AvgIpc) is 3.23. The van der Waals surface area contributed by atoms with Gasteiger partial charge >= 0.3 is 5.97 Å². The van der Waals surface area contributed by atoms with Gasteiger partial charge < -0.3 is 14.6 Å². The summed E-state index contributed by atoms with van der Waals surface area (Å²) in [6.45, 7) is 7.36. The van der Waals surface area contributed by atoms with Crippen molar-refractivity contribution in [3.05, 3.63) is 35.9 Å². The molecule has 28 heavy (non-hydrogen) atoms. The van der Waals surface area contributed by atoms with E-state index in [1.807, 2.05) is 18.2 Å². The summed E-state index contributed by atoms with van der Waals surface area (Å²) in [4.78, 5) is 15.4. The minimum Gasteiger partial charge on any atom is -0.444 e. The first-order valence-electron chi connectivity index (χ1n) is 10.2. The number of esters is 1. The van der Waals surface area contributed by atoms with Gasteiger partial charge in [-0.1, -0.05) is 55.0 Å². The van der Waals surface area contributed by atoms with Crippen molar-refractivity contribution in [3.8, 4) is 11.8 Å². The Morgan fingerprint density at radius 3 is 2.50 bits per heavy atom. The molecular weight excluding hydrogens is 354 g/mol. The standard InChI is InChI=1S/C23H31NO4/c1-22(2,13-8-14-24-15-17-27-18-16-24)28-21(25)23(26,20-11-6-7-12-20)19-9-4-3-5-10-19/h3-5,9-10,20,26H,6-7,11-12,14-18H2,1-2H3. The fraction of sp³-hybridized carbons (Fsp3) is 0.609. The zero-order valence-electron chi connectivity index (χ0n) is 16.9. The van der Waals surface area contributed by atoms with E-state index in [2.05, 4.69) is 16.7 Å². The minimum atomic E-state index is -1.62. The molecule has 1 unspecified atom stereocenters. The van der Waals surface area contributed by atoms with Crippen molar-refractivity contribution >= 4 is 5.97 Å². The first-order chi connectivity index (χ1) is 13.4. The fourth-order valence-corrected chi connectivity index (χ4v) is 4.01. The Morgan fingerprint density at radius 1 is 1.21 bits per heavy atom. The number of ether oxygens (including phenoxy) is 2. The Kier molecular flexibility index (Phi) is 6.77. The van der Waals surface area contributed by atoms with Crippen LogP contribution in [0.25, 0.3) is 0 Å². The van der Waals surface area contributed by atoms with E-state index in [0.717, 1.165) is 52.0 Å². The van der Waals surface area contributed by atoms with Gasteiger partial charge in [0, 0.05) is 19.0 Å². The third kappa shape index (κ3) is 4.94. The maximum absolute atomic E-state index is 13.2. The van der Waals surface area contributed by atoms with Gasteiger partial charge in [0.15, 0.2) is 11.2 Å². The molecule has 1 aliphatic heterocycles. The second kappa shape index (κ2) is 9.09. The monoisotopic (exact) mass is 385 g/mol. The molecule has 5 heteroatoms. The largest absolute Gasteiger partial charge is 0.444 e. The van der Waals surface area contributed by atoms with Gasteiger partial charge in [-0.2, -0.15) is 0 Å². The third-order valence-corrected chi connectivity index (χ3v) is 5.61. The zero-order valence-corrected chi connectivity index (χ0v) is 16.9. The van der Waals surface area contributed by atoms with Crippen LogP contribution < -0.4 is 0 Å². The number of carbonyl (C=O) groups excluding carboxylic acids is 1. The Bertz CT molecular complexity index is 709. The molecule has 3 rings (SSSR count). The van der Waals surface area contributed by atoms with E-state index in [1.165, 1.54) is 0 Å². The van der Waals surface area contributed by atoms with Crippen LogP contribution in [0.3, 0.4) is 0 Å². The van der Waals surface area contributed by atoms with Crippen LogP contribution >= 0.6 is 0 Å². The van der Waals surface area contributed by atoms with Crippen molar-refractivity contribution in [2.75, 3.05) is 32.8 Å². The lowest BCUT2D eigenvalue weighted by atomic mass is 9.80. The Labute approximate surface area is 168 Å². The van der Waals surface area contributed by atoms with E-state index in [1.54, 1.807) is 26.0 Å². The molecule has 0 bridgehead atoms. The topological polar surface area (TPSA) is 59.0 Å². The van der Waals surface area contributed by atoms with Gasteiger partial charge in [0.1, 0.15) is 0 Å². The normalized spacial score (nSPS) is 20.8. The molecule has 1 aromatic rings. The van der Waals surface area contributed by atoms with Crippen LogP contribution in [0.1, 0.15) is 45.1 Å². The lowest BCUT2D eigenvalue weighted by molar-refractivity contribution is -0.182. The zero-order chi connectivity index (χ0) is 20.0. The minimum absolute atomic E-state index is 0.125. The summed E-state index contributed by atoms with van der Waals surface area (Å²) in [5, 5.41) is 11.5. The van der Waals surface area contributed by atoms with Crippen LogP contribution in [0.5, 0.6) is 0 Å². The van der Waals surface area contributed by atoms with Gasteiger partial charge in [-0.25, -0.2) is 4.79 Å². The molecule has 1 aliphatic carbocycles. The SMILES string of the molecule is CC(C)(C#CCN1CCOCC1)OC(=O)C(O)(c1ccccc1)C1CCCC1. The van der Waals surface area contributed by atoms with Gasteiger partial charge in [-0.3, -0.25) is 4.90 Å². The average molecular weight is 386 g/mol. The predicted molar refractivity (Wildman–Crippen MR) is 108 cm³/mol. The molecule has 152 valence electrons. The molecule has 5 nitrogen and oxygen atoms in total. The van der Waals surface area contributed by atoms with Gasteiger partial charge in [0.2, 0.25) is 0 Å². The smallest absolute Gasteiger partial charge is 0.344 e. The first kappa shape index (κ1) is 20.9. The second-order valence-electron chi connectivity index (χ2n) is 8.20. The lowest BCUT2D eigenvalue weighted by Crippen LogP contribution is -2.46. The van der Waals surface area contributed by atoms with Crippen LogP contribution in [0.2, 0.25) is 0 Å². The fourth-order valence-electron chi connectivity index (χ4n) is 4.01. The molecule has 0 spiro atoms. The summed E-state index contributed by atoms with van der Waals surface area (Å²) >= 11 is 0. The number of morpholine rings is 1. The van der Waals surface area contributed by atoms with Gasteiger partial charge in [0.05, 0.1) is 19.8 Å². The molecule has 1 saturated carbocycles. The number of carbonyl (C=O) groups is 1. The lowest BCUT2D eigenvalue weighted by Gasteiger charge is -2.34. The summed E-state index contributed by atoms with van der Waals surface area (Å²) < 4.78 is 11.1. The van der Waals surface area contributed by atoms with Crippen molar-refractivity contribution in [1.82, 2.24) is 4.90 Å². The van der Waals surface area contributed by atoms with Crippen LogP contribution in [0.15, 0.2) is 30.3 Å². The molecule has 1 N–H and O–H groups in total. The molecule has 0 radical (unpaired) electrons. The quantitative estimate of drug-likeness (QED) is 0.624. The van der Waals surface area contributed by atoms with Gasteiger partial charge in [0.25, 0.3) is 0 Å². The van der Waals surface area contributed by atoms with E-state index in [9.17, 15) is 9.90 Å². The second-order valence-corrected chi connectivity index (χ2v) is 8.20. The highest BCUT2D eigenvalue weighted by Crippen LogP contribution is 2.42. The Hall–Kier alpha value is -1.87. The van der Waals surface area contributed by atoms with Crippen molar-refractivity contribution in [2.45, 2.75) is 50.7 Å². The number of hydrogen-bond acceptors (Lipinski definition) is 5. The molecule has 1 saturated heterocycles. The number of aliphatic hydroxyl groups is 1. The summed E-state index contributed by atoms with van der Waals surface area (Å²) in [6.07, 6.45) is 3.69. The van der Waals surface area contributed by atoms with Crippen LogP contribution in [0, 0.1) is 17.8 Å². The third-order valence-electron chi connectivity index (χ3n) is 5.61. The van der Waals surface area contributed by atoms with Crippen molar-refractivity contribution in [2.24, 2.45) is 5.92 Å². The molecule has 2 aliphatic rings. The molecule has 0 amide bonds. The highest BCUT2D eigenvalue weighted by atomic mass is 16.6. The number of benzene rings is 1. The number of hydrogen-bond donors (Lipinski definition) is 1. The van der Waals surface area contributed by atoms with Crippen LogP contribution in [-0.2, 0) is 19.9 Å². The summed E-state index contributed by atoms with van der Waals surface area (Å²) in [5.41, 5.74) is -1.99. The van der Waals surface area contributed by atoms with Gasteiger partial charge in [-0.05, 0) is 32.3 Å². The van der Waals surface area contributed by atoms with Crippen LogP contribution in [0.4, 0.5) is 0 Å². The number of nitrogens with zero attached hydrogens (tertiary/aromatic N) is 1. The predicted octanol–water partition coefficient (Wildman–Crippen LogP) is 2.72. The maximum atomic E-state index is 13.2. The van der Waals surface area contributed by atoms with Crippen molar-refractivity contribution < 1.29 is 19.4 Å². The van der Waals surface area contributed by atoms with E-state index >= 15 is 0 Å². The van der Waals surface area contributed by atoms with E-state index < -0.39 is 17.2 Å². The van der Waals surface area contributed by atoms with Crippen molar-refractivity contribution in [3.63, 3.8) is 0 Å². The molecule has 1 atom stereocenters. The highest BCUT2D eigenvalue weighted by molar-refractivity contribution is 5.82. The molecule has 0 aromatic heterocycles. The highest BCUT2D eigenvalue weighted by Gasteiger charge is 2.49. The summed E-state index contributed by atoms with van der Waals surface area (Å²) in [7, 11) is 0.